The second-order valence-electron chi connectivity index (χ2n) is 9.26. The number of carbonyl (C=O) groups is 1. The third-order valence-electron chi connectivity index (χ3n) is 6.48. The summed E-state index contributed by atoms with van der Waals surface area (Å²) in [6.07, 6.45) is 0.661. The molecule has 1 aliphatic rings. The summed E-state index contributed by atoms with van der Waals surface area (Å²) in [5.74, 6) is -0.139. The summed E-state index contributed by atoms with van der Waals surface area (Å²) in [7, 11) is 0. The zero-order valence-corrected chi connectivity index (χ0v) is 20.1. The van der Waals surface area contributed by atoms with Crippen molar-refractivity contribution in [3.05, 3.63) is 88.0 Å². The monoisotopic (exact) mass is 457 g/mol. The highest BCUT2D eigenvalue weighted by atomic mass is 19.1. The third kappa shape index (κ3) is 4.38. The van der Waals surface area contributed by atoms with Crippen molar-refractivity contribution in [1.29, 1.82) is 5.26 Å². The Labute approximate surface area is 199 Å². The number of aromatic nitrogens is 1. The number of nitrogens with zero attached hydrogens (tertiary/aromatic N) is 3. The van der Waals surface area contributed by atoms with Crippen LogP contribution in [-0.4, -0.2) is 22.0 Å². The Hall–Kier alpha value is -3.72. The minimum atomic E-state index is -0.490. The van der Waals surface area contributed by atoms with Gasteiger partial charge in [0.15, 0.2) is 0 Å². The Kier molecular flexibility index (Phi) is 6.39. The lowest BCUT2D eigenvalue weighted by molar-refractivity contribution is 0.130. The zero-order chi connectivity index (χ0) is 24.6. The first-order valence-corrected chi connectivity index (χ1v) is 11.4. The number of hydrogen-bond donors (Lipinski definition) is 0. The fourth-order valence-corrected chi connectivity index (χ4v) is 4.57. The molecule has 4 rings (SSSR count). The largest absolute Gasteiger partial charge is 0.439 e. The molecule has 174 valence electrons. The van der Waals surface area contributed by atoms with Crippen LogP contribution < -0.4 is 0 Å². The molecule has 0 spiro atoms. The number of ether oxygens (including phenoxy) is 1. The lowest BCUT2D eigenvalue weighted by Crippen LogP contribution is -2.31. The second-order valence-corrected chi connectivity index (χ2v) is 9.26. The Morgan fingerprint density at radius 1 is 1.15 bits per heavy atom. The molecule has 0 N–H and O–H groups in total. The highest BCUT2D eigenvalue weighted by Crippen LogP contribution is 2.37. The van der Waals surface area contributed by atoms with Crippen LogP contribution in [-0.2, 0) is 11.3 Å². The van der Waals surface area contributed by atoms with Crippen molar-refractivity contribution in [3.63, 3.8) is 0 Å². The van der Waals surface area contributed by atoms with Gasteiger partial charge in [0, 0.05) is 6.20 Å². The number of hydrogen-bond acceptors (Lipinski definition) is 4. The number of halogens is 1. The number of pyridine rings is 1. The van der Waals surface area contributed by atoms with E-state index in [1.807, 2.05) is 58.9 Å². The quantitative estimate of drug-likeness (QED) is 0.434. The molecule has 5 nitrogen and oxygen atoms in total. The molecule has 6 heteroatoms. The highest BCUT2D eigenvalue weighted by Gasteiger charge is 2.40. The lowest BCUT2D eigenvalue weighted by Gasteiger charge is -2.23. The van der Waals surface area contributed by atoms with E-state index in [1.54, 1.807) is 29.3 Å². The molecule has 1 aromatic heterocycles. The van der Waals surface area contributed by atoms with Gasteiger partial charge in [-0.1, -0.05) is 37.6 Å². The number of cyclic esters (lactones) is 1. The molecule has 1 aliphatic heterocycles. The molecule has 2 atom stereocenters. The van der Waals surface area contributed by atoms with E-state index in [4.69, 9.17) is 4.74 Å². The number of carbonyl (C=O) groups excluding carboxylic acids is 1. The first kappa shape index (κ1) is 23.4. The normalized spacial score (nSPS) is 17.7. The van der Waals surface area contributed by atoms with Crippen molar-refractivity contribution in [2.45, 2.75) is 59.2 Å². The van der Waals surface area contributed by atoms with Crippen LogP contribution >= 0.6 is 0 Å². The van der Waals surface area contributed by atoms with E-state index in [0.717, 1.165) is 33.4 Å². The van der Waals surface area contributed by atoms with Crippen molar-refractivity contribution in [1.82, 2.24) is 9.88 Å². The number of nitriles is 1. The summed E-state index contributed by atoms with van der Waals surface area (Å²) in [5, 5.41) is 9.17. The van der Waals surface area contributed by atoms with E-state index in [9.17, 15) is 14.4 Å². The van der Waals surface area contributed by atoms with Crippen LogP contribution in [0.2, 0.25) is 0 Å². The molecule has 0 radical (unpaired) electrons. The molecule has 0 saturated carbocycles. The van der Waals surface area contributed by atoms with Gasteiger partial charge in [0.05, 0.1) is 12.6 Å². The van der Waals surface area contributed by atoms with Gasteiger partial charge in [0.25, 0.3) is 0 Å². The summed E-state index contributed by atoms with van der Waals surface area (Å²) in [5.41, 5.74) is 6.54. The Morgan fingerprint density at radius 3 is 2.62 bits per heavy atom. The standard InChI is InChI=1S/C28H28FN3O2/c1-16(2)24-13-25(18(4)11-26(24)29)23-7-6-17(3)10-21(23)15-32-19(5)27(34-28(32)33)20-8-9-31-22(12-20)14-30/h6-13,16,19,27H,15H2,1-5H3/t19-,27-/m0/s1. The van der Waals surface area contributed by atoms with Crippen molar-refractivity contribution >= 4 is 6.09 Å². The molecule has 34 heavy (non-hydrogen) atoms. The maximum Gasteiger partial charge on any atom is 0.411 e. The zero-order valence-electron chi connectivity index (χ0n) is 20.1. The van der Waals surface area contributed by atoms with E-state index in [0.29, 0.717) is 12.1 Å². The summed E-state index contributed by atoms with van der Waals surface area (Å²) in [4.78, 5) is 18.6. The maximum absolute atomic E-state index is 14.6. The molecular formula is C28H28FN3O2. The van der Waals surface area contributed by atoms with Gasteiger partial charge >= 0.3 is 6.09 Å². The molecule has 0 bridgehead atoms. The number of rotatable bonds is 5. The van der Waals surface area contributed by atoms with Gasteiger partial charge in [0.1, 0.15) is 23.7 Å². The molecule has 0 aliphatic carbocycles. The smallest absolute Gasteiger partial charge is 0.411 e. The Bertz CT molecular complexity index is 1300. The highest BCUT2D eigenvalue weighted by molar-refractivity contribution is 5.74. The average Bonchev–Trinajstić information content (AvgIpc) is 3.08. The number of aryl methyl sites for hydroxylation is 2. The van der Waals surface area contributed by atoms with E-state index in [-0.39, 0.29) is 23.5 Å². The van der Waals surface area contributed by atoms with Gasteiger partial charge in [-0.25, -0.2) is 14.2 Å². The SMILES string of the molecule is Cc1ccc(-c2cc(C(C)C)c(F)cc2C)c(CN2C(=O)O[C@H](c3ccnc(C#N)c3)[C@@H]2C)c1. The van der Waals surface area contributed by atoms with Crippen LogP contribution in [0.3, 0.4) is 0 Å². The Morgan fingerprint density at radius 2 is 1.91 bits per heavy atom. The summed E-state index contributed by atoms with van der Waals surface area (Å²) >= 11 is 0. The van der Waals surface area contributed by atoms with E-state index in [2.05, 4.69) is 11.1 Å². The topological polar surface area (TPSA) is 66.2 Å². The van der Waals surface area contributed by atoms with Crippen molar-refractivity contribution in [2.75, 3.05) is 0 Å². The molecular weight excluding hydrogens is 429 g/mol. The summed E-state index contributed by atoms with van der Waals surface area (Å²) in [6, 6.07) is 14.9. The van der Waals surface area contributed by atoms with Crippen LogP contribution in [0.15, 0.2) is 48.7 Å². The predicted molar refractivity (Wildman–Crippen MR) is 129 cm³/mol. The summed E-state index contributed by atoms with van der Waals surface area (Å²) in [6.45, 7) is 10.2. The summed E-state index contributed by atoms with van der Waals surface area (Å²) < 4.78 is 20.3. The lowest BCUT2D eigenvalue weighted by atomic mass is 9.90. The molecule has 0 unspecified atom stereocenters. The van der Waals surface area contributed by atoms with E-state index in [1.165, 1.54) is 0 Å². The van der Waals surface area contributed by atoms with Crippen molar-refractivity contribution in [3.8, 4) is 17.2 Å². The number of amides is 1. The second kappa shape index (κ2) is 9.26. The molecule has 1 amide bonds. The van der Waals surface area contributed by atoms with Gasteiger partial charge in [-0.05, 0) is 84.3 Å². The molecule has 1 fully saturated rings. The van der Waals surface area contributed by atoms with Gasteiger partial charge in [-0.2, -0.15) is 5.26 Å². The molecule has 2 aromatic carbocycles. The van der Waals surface area contributed by atoms with Gasteiger partial charge < -0.3 is 4.74 Å². The number of benzene rings is 2. The predicted octanol–water partition coefficient (Wildman–Crippen LogP) is 6.58. The van der Waals surface area contributed by atoms with Crippen molar-refractivity contribution in [2.24, 2.45) is 0 Å². The van der Waals surface area contributed by atoms with Crippen molar-refractivity contribution < 1.29 is 13.9 Å². The van der Waals surface area contributed by atoms with Crippen LogP contribution in [0.4, 0.5) is 9.18 Å². The Balaban J connectivity index is 1.71. The van der Waals surface area contributed by atoms with Gasteiger partial charge in [-0.3, -0.25) is 4.90 Å². The molecule has 2 heterocycles. The van der Waals surface area contributed by atoms with E-state index < -0.39 is 12.2 Å². The average molecular weight is 458 g/mol. The minimum absolute atomic E-state index is 0.0567. The van der Waals surface area contributed by atoms with Crippen LogP contribution in [0.1, 0.15) is 66.3 Å². The fraction of sp³-hybridized carbons (Fsp3) is 0.321. The first-order valence-electron chi connectivity index (χ1n) is 11.4. The maximum atomic E-state index is 14.6. The molecule has 3 aromatic rings. The van der Waals surface area contributed by atoms with Gasteiger partial charge in [-0.15, -0.1) is 0 Å². The van der Waals surface area contributed by atoms with Crippen LogP contribution in [0.25, 0.3) is 11.1 Å². The van der Waals surface area contributed by atoms with E-state index >= 15 is 0 Å². The van der Waals surface area contributed by atoms with Crippen LogP contribution in [0, 0.1) is 31.0 Å². The third-order valence-corrected chi connectivity index (χ3v) is 6.48. The van der Waals surface area contributed by atoms with Gasteiger partial charge in [0.2, 0.25) is 0 Å². The first-order chi connectivity index (χ1) is 16.2. The minimum Gasteiger partial charge on any atom is -0.439 e. The van der Waals surface area contributed by atoms with Crippen LogP contribution in [0.5, 0.6) is 0 Å². The molecule has 1 saturated heterocycles. The fourth-order valence-electron chi connectivity index (χ4n) is 4.57.